The molecule has 2 aromatic rings. The van der Waals surface area contributed by atoms with Crippen molar-refractivity contribution < 1.29 is 26.4 Å². The summed E-state index contributed by atoms with van der Waals surface area (Å²) in [6, 6.07) is 14.2. The molecular weight excluding hydrogens is 393 g/mol. The summed E-state index contributed by atoms with van der Waals surface area (Å²) in [7, 11) is -4.29. The zero-order valence-corrected chi connectivity index (χ0v) is 16.0. The van der Waals surface area contributed by atoms with Crippen LogP contribution in [-0.2, 0) is 14.8 Å². The first-order chi connectivity index (χ1) is 13.1. The Morgan fingerprint density at radius 1 is 1.04 bits per heavy atom. The van der Waals surface area contributed by atoms with Crippen LogP contribution in [0.1, 0.15) is 31.2 Å². The Hall–Kier alpha value is -2.39. The Balaban J connectivity index is 2.09. The van der Waals surface area contributed by atoms with E-state index in [1.165, 1.54) is 16.9 Å². The quantitative estimate of drug-likeness (QED) is 0.684. The van der Waals surface area contributed by atoms with Crippen LogP contribution in [0.15, 0.2) is 59.5 Å². The standard InChI is InChI=1S/C19H21F3N2O3S/c1-2-6-17(14-7-4-3-5-8-14)18(25)24-15-9-11-16(12-10-15)28(26,27)23-13-19(20,21)22/h3-5,7-12,17,23H,2,6,13H2,1H3,(H,24,25)/t17-/m0/s1. The highest BCUT2D eigenvalue weighted by Gasteiger charge is 2.30. The van der Waals surface area contributed by atoms with Gasteiger partial charge in [-0.2, -0.15) is 13.2 Å². The van der Waals surface area contributed by atoms with Gasteiger partial charge in [0.25, 0.3) is 0 Å². The minimum absolute atomic E-state index is 0.237. The summed E-state index contributed by atoms with van der Waals surface area (Å²) in [6.45, 7) is 0.320. The Morgan fingerprint density at radius 2 is 1.64 bits per heavy atom. The number of halogens is 3. The molecule has 1 amide bonds. The van der Waals surface area contributed by atoms with Crippen molar-refractivity contribution in [1.29, 1.82) is 0 Å². The van der Waals surface area contributed by atoms with Crippen LogP contribution in [0, 0.1) is 0 Å². The second-order valence-electron chi connectivity index (χ2n) is 6.21. The van der Waals surface area contributed by atoms with Crippen molar-refractivity contribution in [3.05, 3.63) is 60.2 Å². The fraction of sp³-hybridized carbons (Fsp3) is 0.316. The van der Waals surface area contributed by atoms with Gasteiger partial charge in [-0.1, -0.05) is 43.7 Å². The third kappa shape index (κ3) is 6.35. The molecule has 0 aliphatic rings. The zero-order chi connectivity index (χ0) is 20.8. The molecule has 9 heteroatoms. The summed E-state index contributed by atoms with van der Waals surface area (Å²) in [5.41, 5.74) is 1.23. The molecule has 0 aromatic heterocycles. The van der Waals surface area contributed by atoms with E-state index in [0.29, 0.717) is 12.1 Å². The number of rotatable bonds is 8. The van der Waals surface area contributed by atoms with Gasteiger partial charge < -0.3 is 5.32 Å². The highest BCUT2D eigenvalue weighted by atomic mass is 32.2. The summed E-state index contributed by atoms with van der Waals surface area (Å²) in [6.07, 6.45) is -3.20. The van der Waals surface area contributed by atoms with Gasteiger partial charge in [0, 0.05) is 5.69 Å². The monoisotopic (exact) mass is 414 g/mol. The molecule has 0 bridgehead atoms. The molecule has 0 saturated heterocycles. The molecule has 0 aliphatic carbocycles. The van der Waals surface area contributed by atoms with E-state index in [0.717, 1.165) is 24.1 Å². The molecule has 2 aromatic carbocycles. The van der Waals surface area contributed by atoms with E-state index in [1.54, 1.807) is 0 Å². The normalized spacial score (nSPS) is 13.1. The van der Waals surface area contributed by atoms with Crippen LogP contribution >= 0.6 is 0 Å². The fourth-order valence-corrected chi connectivity index (χ4v) is 3.64. The number of hydrogen-bond donors (Lipinski definition) is 2. The number of carbonyl (C=O) groups excluding carboxylic acids is 1. The first-order valence-electron chi connectivity index (χ1n) is 8.64. The SMILES string of the molecule is CCC[C@H](C(=O)Nc1ccc(S(=O)(=O)NCC(F)(F)F)cc1)c1ccccc1. The van der Waals surface area contributed by atoms with Crippen molar-refractivity contribution in [2.75, 3.05) is 11.9 Å². The lowest BCUT2D eigenvalue weighted by molar-refractivity contribution is -0.121. The number of anilines is 1. The van der Waals surface area contributed by atoms with Gasteiger partial charge in [0.05, 0.1) is 10.8 Å². The first kappa shape index (κ1) is 21.9. The second-order valence-corrected chi connectivity index (χ2v) is 7.97. The van der Waals surface area contributed by atoms with Crippen LogP contribution in [0.2, 0.25) is 0 Å². The minimum atomic E-state index is -4.65. The summed E-state index contributed by atoms with van der Waals surface area (Å²) in [5.74, 6) is -0.595. The van der Waals surface area contributed by atoms with Crippen molar-refractivity contribution in [3.63, 3.8) is 0 Å². The van der Waals surface area contributed by atoms with Gasteiger partial charge in [0.15, 0.2) is 0 Å². The maximum absolute atomic E-state index is 12.6. The molecule has 5 nitrogen and oxygen atoms in total. The number of benzene rings is 2. The Bertz CT molecular complexity index is 883. The predicted molar refractivity (Wildman–Crippen MR) is 100 cm³/mol. The van der Waals surface area contributed by atoms with Crippen molar-refractivity contribution in [2.45, 2.75) is 36.8 Å². The van der Waals surface area contributed by atoms with Gasteiger partial charge in [-0.25, -0.2) is 13.1 Å². The van der Waals surface area contributed by atoms with Crippen molar-refractivity contribution in [3.8, 4) is 0 Å². The number of amides is 1. The van der Waals surface area contributed by atoms with Gasteiger partial charge in [0.1, 0.15) is 6.54 Å². The number of hydrogen-bond acceptors (Lipinski definition) is 3. The van der Waals surface area contributed by atoms with E-state index in [9.17, 15) is 26.4 Å². The molecule has 2 N–H and O–H groups in total. The Kier molecular flexibility index (Phi) is 7.20. The Morgan fingerprint density at radius 3 is 2.18 bits per heavy atom. The molecular formula is C19H21F3N2O3S. The smallest absolute Gasteiger partial charge is 0.326 e. The average Bonchev–Trinajstić information content (AvgIpc) is 2.65. The lowest BCUT2D eigenvalue weighted by Gasteiger charge is -2.17. The maximum Gasteiger partial charge on any atom is 0.402 e. The van der Waals surface area contributed by atoms with E-state index in [4.69, 9.17) is 0 Å². The molecule has 0 heterocycles. The molecule has 28 heavy (non-hydrogen) atoms. The summed E-state index contributed by atoms with van der Waals surface area (Å²) >= 11 is 0. The molecule has 2 rings (SSSR count). The van der Waals surface area contributed by atoms with E-state index in [2.05, 4.69) is 5.32 Å². The largest absolute Gasteiger partial charge is 0.402 e. The van der Waals surface area contributed by atoms with Crippen LogP contribution in [0.4, 0.5) is 18.9 Å². The molecule has 0 fully saturated rings. The van der Waals surface area contributed by atoms with Crippen molar-refractivity contribution in [2.24, 2.45) is 0 Å². The Labute approximate surface area is 162 Å². The number of sulfonamides is 1. The lowest BCUT2D eigenvalue weighted by Crippen LogP contribution is -2.33. The first-order valence-corrected chi connectivity index (χ1v) is 10.1. The topological polar surface area (TPSA) is 75.3 Å². The molecule has 0 spiro atoms. The van der Waals surface area contributed by atoms with Crippen LogP contribution in [0.5, 0.6) is 0 Å². The summed E-state index contributed by atoms with van der Waals surface area (Å²) in [5, 5.41) is 2.73. The molecule has 0 aliphatic heterocycles. The number of alkyl halides is 3. The molecule has 152 valence electrons. The maximum atomic E-state index is 12.6. The lowest BCUT2D eigenvalue weighted by atomic mass is 9.93. The van der Waals surface area contributed by atoms with Crippen LogP contribution in [0.3, 0.4) is 0 Å². The second kappa shape index (κ2) is 9.20. The minimum Gasteiger partial charge on any atom is -0.326 e. The van der Waals surface area contributed by atoms with Gasteiger partial charge in [-0.3, -0.25) is 4.79 Å². The highest BCUT2D eigenvalue weighted by molar-refractivity contribution is 7.89. The average molecular weight is 414 g/mol. The predicted octanol–water partition coefficient (Wildman–Crippen LogP) is 4.05. The van der Waals surface area contributed by atoms with Crippen LogP contribution in [-0.4, -0.2) is 27.0 Å². The number of nitrogens with one attached hydrogen (secondary N) is 2. The molecule has 0 saturated carbocycles. The fourth-order valence-electron chi connectivity index (χ4n) is 2.63. The van der Waals surface area contributed by atoms with Gasteiger partial charge >= 0.3 is 6.18 Å². The number of carbonyl (C=O) groups is 1. The summed E-state index contributed by atoms with van der Waals surface area (Å²) < 4.78 is 61.9. The van der Waals surface area contributed by atoms with E-state index < -0.39 is 22.7 Å². The van der Waals surface area contributed by atoms with Gasteiger partial charge in [0.2, 0.25) is 15.9 Å². The van der Waals surface area contributed by atoms with Crippen molar-refractivity contribution in [1.82, 2.24) is 4.72 Å². The molecule has 0 unspecified atom stereocenters. The third-order valence-electron chi connectivity index (χ3n) is 3.99. The molecule has 1 atom stereocenters. The summed E-state index contributed by atoms with van der Waals surface area (Å²) in [4.78, 5) is 12.3. The highest BCUT2D eigenvalue weighted by Crippen LogP contribution is 2.24. The van der Waals surface area contributed by atoms with Crippen molar-refractivity contribution >= 4 is 21.6 Å². The third-order valence-corrected chi connectivity index (χ3v) is 5.41. The van der Waals surface area contributed by atoms with Gasteiger partial charge in [-0.15, -0.1) is 0 Å². The van der Waals surface area contributed by atoms with E-state index in [1.807, 2.05) is 37.3 Å². The van der Waals surface area contributed by atoms with Crippen LogP contribution < -0.4 is 10.0 Å². The zero-order valence-electron chi connectivity index (χ0n) is 15.2. The van der Waals surface area contributed by atoms with E-state index >= 15 is 0 Å². The van der Waals surface area contributed by atoms with Crippen LogP contribution in [0.25, 0.3) is 0 Å². The molecule has 0 radical (unpaired) electrons. The van der Waals surface area contributed by atoms with Gasteiger partial charge in [-0.05, 0) is 36.2 Å². The van der Waals surface area contributed by atoms with E-state index in [-0.39, 0.29) is 16.7 Å².